The number of aliphatic carboxylic acids is 2. The monoisotopic (exact) mass is 630 g/mol. The fourth-order valence-electron chi connectivity index (χ4n) is 4.93. The topological polar surface area (TPSA) is 230 Å². The Bertz CT molecular complexity index is 1730. The average Bonchev–Trinajstić information content (AvgIpc) is 3.51. The molecule has 2 fully saturated rings. The third kappa shape index (κ3) is 4.51. The number of nitrogen functional groups attached to an aromatic ring is 2. The van der Waals surface area contributed by atoms with Crippen molar-refractivity contribution in [3.8, 4) is 0 Å². The van der Waals surface area contributed by atoms with E-state index in [1.165, 1.54) is 28.5 Å². The molecule has 0 aromatic carbocycles. The van der Waals surface area contributed by atoms with E-state index in [1.54, 1.807) is 30.0 Å². The molecule has 1 saturated heterocycles. The molecule has 6 N–H and O–H groups in total. The van der Waals surface area contributed by atoms with Crippen molar-refractivity contribution >= 4 is 90.1 Å². The number of amides is 2. The number of carboxylic acids is 2. The van der Waals surface area contributed by atoms with Crippen LogP contribution in [-0.2, 0) is 24.0 Å². The predicted octanol–water partition coefficient (Wildman–Crippen LogP) is -0.660. The van der Waals surface area contributed by atoms with Crippen molar-refractivity contribution in [3.63, 3.8) is 0 Å². The second-order valence-electron chi connectivity index (χ2n) is 9.76. The maximum atomic E-state index is 13.4. The lowest BCUT2D eigenvalue weighted by molar-refractivity contribution is -0.582. The van der Waals surface area contributed by atoms with E-state index in [-0.39, 0.29) is 35.1 Å². The summed E-state index contributed by atoms with van der Waals surface area (Å²) < 4.78 is 2.39. The number of nitrogens with one attached hydrogen (secondary N) is 1. The van der Waals surface area contributed by atoms with Gasteiger partial charge in [0.1, 0.15) is 28.3 Å². The number of aromatic nitrogens is 3. The smallest absolute Gasteiger partial charge is 0.350 e. The van der Waals surface area contributed by atoms with Gasteiger partial charge in [0.25, 0.3) is 11.8 Å². The van der Waals surface area contributed by atoms with Gasteiger partial charge in [0.05, 0.1) is 15.9 Å². The zero-order valence-corrected chi connectivity index (χ0v) is 24.1. The van der Waals surface area contributed by atoms with Crippen molar-refractivity contribution in [2.45, 2.75) is 48.5 Å². The number of pyridine rings is 1. The van der Waals surface area contributed by atoms with Gasteiger partial charge >= 0.3 is 5.97 Å². The first kappa shape index (κ1) is 27.9. The third-order valence-corrected chi connectivity index (χ3v) is 10.1. The van der Waals surface area contributed by atoms with Crippen LogP contribution >= 0.6 is 34.4 Å². The van der Waals surface area contributed by atoms with E-state index in [9.17, 15) is 29.4 Å². The van der Waals surface area contributed by atoms with Gasteiger partial charge in [-0.25, -0.2) is 14.8 Å². The molecule has 5 heterocycles. The van der Waals surface area contributed by atoms with Crippen LogP contribution in [-0.4, -0.2) is 71.7 Å². The Balaban J connectivity index is 1.28. The number of β-lactam (4-membered cyclic amide) rings is 1. The highest BCUT2D eigenvalue weighted by Crippen LogP contribution is 2.44. The summed E-state index contributed by atoms with van der Waals surface area (Å²) in [7, 11) is 0. The maximum Gasteiger partial charge on any atom is 0.350 e. The average molecular weight is 631 g/mol. The van der Waals surface area contributed by atoms with E-state index in [0.717, 1.165) is 20.9 Å². The summed E-state index contributed by atoms with van der Waals surface area (Å²) >= 11 is 3.59. The lowest BCUT2D eigenvalue weighted by Gasteiger charge is -2.50. The molecule has 0 bridgehead atoms. The van der Waals surface area contributed by atoms with Gasteiger partial charge in [0, 0.05) is 24.3 Å². The molecular formula is C24H22N8O7S3. The number of nitrogens with two attached hydrogens (primary N) is 2. The van der Waals surface area contributed by atoms with Crippen LogP contribution in [0.3, 0.4) is 0 Å². The fraction of sp³-hybridized carbons (Fsp3) is 0.333. The van der Waals surface area contributed by atoms with Crippen molar-refractivity contribution < 1.29 is 38.8 Å². The Morgan fingerprint density at radius 1 is 1.29 bits per heavy atom. The van der Waals surface area contributed by atoms with Crippen molar-refractivity contribution in [1.29, 1.82) is 0 Å². The predicted molar refractivity (Wildman–Crippen MR) is 150 cm³/mol. The summed E-state index contributed by atoms with van der Waals surface area (Å²) in [6.07, 6.45) is 4.35. The van der Waals surface area contributed by atoms with Crippen molar-refractivity contribution in [2.24, 2.45) is 5.16 Å². The molecule has 3 aromatic heterocycles. The number of nitrogens with zero attached hydrogens (tertiary/aromatic N) is 5. The van der Waals surface area contributed by atoms with E-state index in [2.05, 4.69) is 20.4 Å². The number of carboxylic acid groups (broad SMARTS) is 2. The molecule has 0 spiro atoms. The highest BCUT2D eigenvalue weighted by molar-refractivity contribution is 8.01. The molecule has 3 aromatic rings. The molecule has 0 radical (unpaired) electrons. The van der Waals surface area contributed by atoms with Crippen LogP contribution in [0, 0.1) is 0 Å². The lowest BCUT2D eigenvalue weighted by atomic mass is 9.80. The number of carbonyl (C=O) groups excluding carboxylic acids is 3. The van der Waals surface area contributed by atoms with Crippen LogP contribution in [0.5, 0.6) is 0 Å². The minimum absolute atomic E-state index is 0.0373. The SMILES string of the molecule is CC1S[C@@H]2C(NC(=O)/C(=N\OC3(C(=O)O)CCC3)c3csc(N)n3)C(=O)N2C(C(=O)[O-])=C1[n+]1ccc2sc(N)nc2c1. The summed E-state index contributed by atoms with van der Waals surface area (Å²) in [4.78, 5) is 65.5. The number of thioether (sulfide) groups is 1. The standard InChI is InChI=1S/C24H22N8O7S3/c1-9-15(31-6-3-12-10(7-31)27-23(26)42-12)16(20(35)36)32-18(34)14(19(32)41-9)29-17(33)13(11-8-40-22(25)28-11)30-39-24(21(37)38)4-2-5-24/h3,6-9,14,19H,2,4-5H2,1H3,(H6-,25,26,27,28,29,33,35,36,37,38)/b30-13-/t9?,14?,19-/m1/s1. The van der Waals surface area contributed by atoms with Gasteiger partial charge in [-0.2, -0.15) is 4.57 Å². The Morgan fingerprint density at radius 3 is 2.67 bits per heavy atom. The third-order valence-electron chi connectivity index (χ3n) is 7.20. The quantitative estimate of drug-likeness (QED) is 0.105. The molecule has 6 rings (SSSR count). The maximum absolute atomic E-state index is 13.4. The zero-order chi connectivity index (χ0) is 29.9. The Morgan fingerprint density at radius 2 is 2.05 bits per heavy atom. The largest absolute Gasteiger partial charge is 0.543 e. The molecule has 3 atom stereocenters. The van der Waals surface area contributed by atoms with E-state index >= 15 is 0 Å². The number of carbonyl (C=O) groups is 4. The molecule has 15 nitrogen and oxygen atoms in total. The van der Waals surface area contributed by atoms with Gasteiger partial charge < -0.3 is 36.6 Å². The van der Waals surface area contributed by atoms with Crippen LogP contribution in [0.25, 0.3) is 15.9 Å². The summed E-state index contributed by atoms with van der Waals surface area (Å²) in [6, 6.07) is 0.630. The zero-order valence-electron chi connectivity index (χ0n) is 21.7. The minimum atomic E-state index is -1.56. The molecule has 1 aliphatic carbocycles. The molecule has 18 heteroatoms. The second kappa shape index (κ2) is 10.2. The first-order valence-corrected chi connectivity index (χ1v) is 15.2. The number of thiazole rings is 2. The highest BCUT2D eigenvalue weighted by Gasteiger charge is 2.57. The first-order valence-electron chi connectivity index (χ1n) is 12.5. The number of fused-ring (bicyclic) bond motifs is 2. The van der Waals surface area contributed by atoms with Crippen LogP contribution in [0.15, 0.2) is 34.7 Å². The van der Waals surface area contributed by atoms with Gasteiger partial charge in [0.2, 0.25) is 17.5 Å². The summed E-state index contributed by atoms with van der Waals surface area (Å²) in [5.74, 6) is -4.31. The van der Waals surface area contributed by atoms with E-state index in [4.69, 9.17) is 16.3 Å². The normalized spacial score (nSPS) is 23.2. The van der Waals surface area contributed by atoms with Crippen molar-refractivity contribution in [3.05, 3.63) is 35.2 Å². The van der Waals surface area contributed by atoms with Crippen molar-refractivity contribution in [2.75, 3.05) is 11.5 Å². The molecule has 218 valence electrons. The number of hydrogen-bond donors (Lipinski definition) is 4. The van der Waals surface area contributed by atoms with E-state index in [1.807, 2.05) is 0 Å². The number of anilines is 2. The molecule has 2 aliphatic heterocycles. The summed E-state index contributed by atoms with van der Waals surface area (Å²) in [5, 5.41) is 29.1. The number of oxime groups is 1. The Hall–Kier alpha value is -4.29. The molecular weight excluding hydrogens is 609 g/mol. The fourth-order valence-corrected chi connectivity index (χ4v) is 7.63. The van der Waals surface area contributed by atoms with Crippen LogP contribution in [0.2, 0.25) is 0 Å². The van der Waals surface area contributed by atoms with Crippen LogP contribution in [0.1, 0.15) is 31.9 Å². The number of rotatable bonds is 8. The highest BCUT2D eigenvalue weighted by atomic mass is 32.2. The van der Waals surface area contributed by atoms with Gasteiger partial charge in [0.15, 0.2) is 22.2 Å². The first-order chi connectivity index (χ1) is 20.0. The van der Waals surface area contributed by atoms with Gasteiger partial charge in [-0.15, -0.1) is 23.1 Å². The Kier molecular flexibility index (Phi) is 6.77. The van der Waals surface area contributed by atoms with Gasteiger partial charge in [-0.1, -0.05) is 16.5 Å². The molecule has 2 amide bonds. The molecule has 2 unspecified atom stereocenters. The van der Waals surface area contributed by atoms with Gasteiger partial charge in [-0.05, 0) is 13.3 Å². The van der Waals surface area contributed by atoms with Crippen molar-refractivity contribution in [1.82, 2.24) is 20.2 Å². The molecule has 3 aliphatic rings. The second-order valence-corrected chi connectivity index (χ2v) is 13.2. The summed E-state index contributed by atoms with van der Waals surface area (Å²) in [6.45, 7) is 1.78. The minimum Gasteiger partial charge on any atom is -0.543 e. The van der Waals surface area contributed by atoms with Crippen LogP contribution < -0.4 is 26.5 Å². The Labute approximate surface area is 248 Å². The lowest BCUT2D eigenvalue weighted by Crippen LogP contribution is -2.72. The summed E-state index contributed by atoms with van der Waals surface area (Å²) in [5.41, 5.74) is 10.2. The van der Waals surface area contributed by atoms with E-state index < -0.39 is 46.0 Å². The number of hydrogen-bond acceptors (Lipinski definition) is 14. The molecule has 1 saturated carbocycles. The van der Waals surface area contributed by atoms with E-state index in [0.29, 0.717) is 22.8 Å². The molecule has 42 heavy (non-hydrogen) atoms. The van der Waals surface area contributed by atoms with Gasteiger partial charge in [-0.3, -0.25) is 14.5 Å². The van der Waals surface area contributed by atoms with Crippen LogP contribution in [0.4, 0.5) is 10.3 Å².